The van der Waals surface area contributed by atoms with Crippen molar-refractivity contribution < 1.29 is 4.79 Å². The van der Waals surface area contributed by atoms with E-state index >= 15 is 0 Å². The van der Waals surface area contributed by atoms with Gasteiger partial charge in [-0.05, 0) is 24.0 Å². The standard InChI is InChI=1S/C14H18N2O/c17-14(15-8-7-10-5-6-10)13-9-11-3-1-2-4-12(11)16-13/h1-4,10,13,16H,5-9H2,(H,15,17). The molecule has 2 N–H and O–H groups in total. The smallest absolute Gasteiger partial charge is 0.242 e. The van der Waals surface area contributed by atoms with Crippen molar-refractivity contribution in [1.82, 2.24) is 5.32 Å². The van der Waals surface area contributed by atoms with E-state index in [4.69, 9.17) is 0 Å². The quantitative estimate of drug-likeness (QED) is 0.830. The van der Waals surface area contributed by atoms with Gasteiger partial charge < -0.3 is 10.6 Å². The average Bonchev–Trinajstić information content (AvgIpc) is 3.06. The minimum atomic E-state index is -0.0772. The Hall–Kier alpha value is -1.51. The number of hydrogen-bond acceptors (Lipinski definition) is 2. The Bertz CT molecular complexity index is 401. The van der Waals surface area contributed by atoms with Crippen molar-refractivity contribution in [2.45, 2.75) is 31.7 Å². The van der Waals surface area contributed by atoms with Gasteiger partial charge in [0.2, 0.25) is 5.91 Å². The molecule has 3 heteroatoms. The molecule has 1 saturated carbocycles. The highest BCUT2D eigenvalue weighted by atomic mass is 16.2. The average molecular weight is 230 g/mol. The lowest BCUT2D eigenvalue weighted by Gasteiger charge is -2.11. The van der Waals surface area contributed by atoms with E-state index in [1.807, 2.05) is 18.2 Å². The lowest BCUT2D eigenvalue weighted by molar-refractivity contribution is -0.121. The molecule has 0 saturated heterocycles. The Morgan fingerprint density at radius 1 is 1.35 bits per heavy atom. The van der Waals surface area contributed by atoms with E-state index in [1.165, 1.54) is 18.4 Å². The summed E-state index contributed by atoms with van der Waals surface area (Å²) in [5.41, 5.74) is 2.35. The zero-order valence-corrected chi connectivity index (χ0v) is 9.91. The molecule has 1 aromatic rings. The van der Waals surface area contributed by atoms with Gasteiger partial charge in [-0.3, -0.25) is 4.79 Å². The number of nitrogens with one attached hydrogen (secondary N) is 2. The number of benzene rings is 1. The molecule has 1 aliphatic heterocycles. The molecule has 1 fully saturated rings. The summed E-state index contributed by atoms with van der Waals surface area (Å²) < 4.78 is 0. The number of rotatable bonds is 4. The second-order valence-corrected chi connectivity index (χ2v) is 5.08. The zero-order valence-electron chi connectivity index (χ0n) is 9.91. The molecule has 1 heterocycles. The normalized spacial score (nSPS) is 21.8. The fourth-order valence-corrected chi connectivity index (χ4v) is 2.39. The fraction of sp³-hybridized carbons (Fsp3) is 0.500. The molecule has 90 valence electrons. The third kappa shape index (κ3) is 2.43. The third-order valence-electron chi connectivity index (χ3n) is 3.64. The van der Waals surface area contributed by atoms with E-state index in [2.05, 4.69) is 16.7 Å². The van der Waals surface area contributed by atoms with E-state index in [9.17, 15) is 4.79 Å². The number of amides is 1. The van der Waals surface area contributed by atoms with Crippen LogP contribution in [0.1, 0.15) is 24.8 Å². The van der Waals surface area contributed by atoms with Gasteiger partial charge in [0.15, 0.2) is 0 Å². The summed E-state index contributed by atoms with van der Waals surface area (Å²) in [7, 11) is 0. The van der Waals surface area contributed by atoms with Gasteiger partial charge in [0.05, 0.1) is 0 Å². The Morgan fingerprint density at radius 2 is 2.18 bits per heavy atom. The van der Waals surface area contributed by atoms with Crippen molar-refractivity contribution in [3.8, 4) is 0 Å². The molecule has 0 bridgehead atoms. The Balaban J connectivity index is 1.51. The summed E-state index contributed by atoms with van der Waals surface area (Å²) in [5.74, 6) is 1.02. The van der Waals surface area contributed by atoms with Crippen LogP contribution in [0.25, 0.3) is 0 Å². The number of fused-ring (bicyclic) bond motifs is 1. The molecule has 1 amide bonds. The van der Waals surface area contributed by atoms with Gasteiger partial charge in [-0.15, -0.1) is 0 Å². The first-order valence-electron chi connectivity index (χ1n) is 6.45. The van der Waals surface area contributed by atoms with E-state index in [1.54, 1.807) is 0 Å². The van der Waals surface area contributed by atoms with Gasteiger partial charge in [-0.2, -0.15) is 0 Å². The lowest BCUT2D eigenvalue weighted by Crippen LogP contribution is -2.38. The third-order valence-corrected chi connectivity index (χ3v) is 3.64. The van der Waals surface area contributed by atoms with Gasteiger partial charge >= 0.3 is 0 Å². The first-order chi connectivity index (χ1) is 8.33. The molecule has 0 spiro atoms. The highest BCUT2D eigenvalue weighted by Crippen LogP contribution is 2.31. The molecule has 0 radical (unpaired) electrons. The zero-order chi connectivity index (χ0) is 11.7. The summed E-state index contributed by atoms with van der Waals surface area (Å²) in [6.45, 7) is 0.831. The fourth-order valence-electron chi connectivity index (χ4n) is 2.39. The van der Waals surface area contributed by atoms with Gasteiger partial charge in [-0.1, -0.05) is 31.0 Å². The molecule has 17 heavy (non-hydrogen) atoms. The van der Waals surface area contributed by atoms with Crippen LogP contribution in [0.5, 0.6) is 0 Å². The monoisotopic (exact) mass is 230 g/mol. The molecular weight excluding hydrogens is 212 g/mol. The lowest BCUT2D eigenvalue weighted by atomic mass is 10.1. The maximum atomic E-state index is 11.9. The van der Waals surface area contributed by atoms with Crippen molar-refractivity contribution in [2.24, 2.45) is 5.92 Å². The van der Waals surface area contributed by atoms with Crippen molar-refractivity contribution in [1.29, 1.82) is 0 Å². The van der Waals surface area contributed by atoms with E-state index in [0.717, 1.165) is 31.0 Å². The topological polar surface area (TPSA) is 41.1 Å². The Kier molecular flexibility index (Phi) is 2.75. The highest BCUT2D eigenvalue weighted by Gasteiger charge is 2.26. The largest absolute Gasteiger partial charge is 0.373 e. The minimum absolute atomic E-state index is 0.0772. The maximum absolute atomic E-state index is 11.9. The number of carbonyl (C=O) groups is 1. The van der Waals surface area contributed by atoms with Crippen molar-refractivity contribution in [2.75, 3.05) is 11.9 Å². The van der Waals surface area contributed by atoms with Crippen LogP contribution in [0, 0.1) is 5.92 Å². The molecule has 1 atom stereocenters. The van der Waals surface area contributed by atoms with Crippen LogP contribution >= 0.6 is 0 Å². The summed E-state index contributed by atoms with van der Waals surface area (Å²) in [6.07, 6.45) is 4.66. The number of carbonyl (C=O) groups excluding carboxylic acids is 1. The van der Waals surface area contributed by atoms with Crippen LogP contribution in [-0.2, 0) is 11.2 Å². The second kappa shape index (κ2) is 4.40. The van der Waals surface area contributed by atoms with Gasteiger partial charge in [0.25, 0.3) is 0 Å². The van der Waals surface area contributed by atoms with E-state index < -0.39 is 0 Å². The number of anilines is 1. The minimum Gasteiger partial charge on any atom is -0.373 e. The number of hydrogen-bond donors (Lipinski definition) is 2. The highest BCUT2D eigenvalue weighted by molar-refractivity contribution is 5.87. The predicted molar refractivity (Wildman–Crippen MR) is 67.9 cm³/mol. The maximum Gasteiger partial charge on any atom is 0.242 e. The van der Waals surface area contributed by atoms with Crippen LogP contribution in [0.15, 0.2) is 24.3 Å². The summed E-state index contributed by atoms with van der Waals surface area (Å²) >= 11 is 0. The van der Waals surface area contributed by atoms with Gasteiger partial charge in [0.1, 0.15) is 6.04 Å². The van der Waals surface area contributed by atoms with Crippen molar-refractivity contribution >= 4 is 11.6 Å². The number of para-hydroxylation sites is 1. The molecular formula is C14H18N2O. The van der Waals surface area contributed by atoms with Crippen molar-refractivity contribution in [3.05, 3.63) is 29.8 Å². The first-order valence-corrected chi connectivity index (χ1v) is 6.45. The summed E-state index contributed by atoms with van der Waals surface area (Å²) in [5, 5.41) is 6.31. The molecule has 3 rings (SSSR count). The van der Waals surface area contributed by atoms with Crippen LogP contribution < -0.4 is 10.6 Å². The molecule has 3 nitrogen and oxygen atoms in total. The molecule has 1 unspecified atom stereocenters. The van der Waals surface area contributed by atoms with Gasteiger partial charge in [0, 0.05) is 18.7 Å². The Labute approximate surface area is 102 Å². The summed E-state index contributed by atoms with van der Waals surface area (Å²) in [4.78, 5) is 11.9. The molecule has 1 aliphatic carbocycles. The van der Waals surface area contributed by atoms with Crippen LogP contribution in [0.4, 0.5) is 5.69 Å². The SMILES string of the molecule is O=C(NCCC1CC1)C1Cc2ccccc2N1. The first kappa shape index (κ1) is 10.6. The van der Waals surface area contributed by atoms with E-state index in [0.29, 0.717) is 0 Å². The van der Waals surface area contributed by atoms with Crippen LogP contribution in [-0.4, -0.2) is 18.5 Å². The molecule has 1 aromatic carbocycles. The summed E-state index contributed by atoms with van der Waals surface area (Å²) in [6, 6.07) is 8.06. The molecule has 0 aromatic heterocycles. The molecule has 2 aliphatic rings. The van der Waals surface area contributed by atoms with E-state index in [-0.39, 0.29) is 11.9 Å². The Morgan fingerprint density at radius 3 is 2.94 bits per heavy atom. The van der Waals surface area contributed by atoms with Crippen LogP contribution in [0.2, 0.25) is 0 Å². The predicted octanol–water partition coefficient (Wildman–Crippen LogP) is 1.94. The van der Waals surface area contributed by atoms with Crippen LogP contribution in [0.3, 0.4) is 0 Å². The van der Waals surface area contributed by atoms with Crippen molar-refractivity contribution in [3.63, 3.8) is 0 Å². The second-order valence-electron chi connectivity index (χ2n) is 5.08. The van der Waals surface area contributed by atoms with Gasteiger partial charge in [-0.25, -0.2) is 0 Å².